The van der Waals surface area contributed by atoms with Crippen LogP contribution in [0.4, 0.5) is 0 Å². The Bertz CT molecular complexity index is 2650. The van der Waals surface area contributed by atoms with Crippen LogP contribution in [0, 0.1) is 41.4 Å². The fraction of sp³-hybridized carbons (Fsp3) is 0.776. The Morgan fingerprint density at radius 2 is 0.968 bits per heavy atom. The highest BCUT2D eigenvalue weighted by Crippen LogP contribution is 2.27. The van der Waals surface area contributed by atoms with Gasteiger partial charge in [-0.15, -0.1) is 0 Å². The highest BCUT2D eigenvalue weighted by molar-refractivity contribution is 6.00. The molecule has 12 amide bonds. The number of carbonyl (C=O) groups excluding carboxylic acids is 13. The second kappa shape index (κ2) is 39.0. The predicted molar refractivity (Wildman–Crippen MR) is 359 cm³/mol. The van der Waals surface area contributed by atoms with Crippen molar-refractivity contribution in [3.8, 4) is 0 Å². The van der Waals surface area contributed by atoms with E-state index in [1.54, 1.807) is 60.6 Å². The maximum Gasteiger partial charge on any atom is 0.325 e. The Hall–Kier alpha value is -7.19. The Morgan fingerprint density at radius 1 is 0.532 bits per heavy atom. The molecule has 1 fully saturated rings. The molecule has 1 saturated heterocycles. The van der Waals surface area contributed by atoms with Crippen LogP contribution < -0.4 is 27.0 Å². The summed E-state index contributed by atoms with van der Waals surface area (Å²) in [6, 6.07) is -13.0. The van der Waals surface area contributed by atoms with Gasteiger partial charge in [0.15, 0.2) is 0 Å². The minimum absolute atomic E-state index is 0.0601. The number of allylic oxidation sites excluding steroid dienone is 2. The predicted octanol–water partition coefficient (Wildman–Crippen LogP) is 2.24. The number of esters is 1. The third-order valence-corrected chi connectivity index (χ3v) is 17.3. The highest BCUT2D eigenvalue weighted by atomic mass is 16.5. The van der Waals surface area contributed by atoms with Gasteiger partial charge in [-0.05, 0) is 101 Å². The molecule has 1 aliphatic rings. The van der Waals surface area contributed by atoms with E-state index in [4.69, 9.17) is 10.5 Å². The summed E-state index contributed by atoms with van der Waals surface area (Å²) < 4.78 is 6.16. The SMILES string of the molecule is C/C=C/C[C@@H](C)[C@@H](OC(=O)CN(C)C(=O)CN)[C@H]1C(=O)N[C@@H](CC)C(=O)N(C)CC(=O)N(C)[C@@H](CC(C)C)C(=O)N[C@@H](C(C)C)C(=O)N(C)[C@@H](CC(C)C)C(=O)N[C@@H](C)C(=O)N[C@@H](C)C(=O)N(C)[C@@H](CC(C)C)C(=O)N(C)[C@@H](CC(C)C)C(=O)N(C)[C@@H](C(C)C)C(=O)N1C. The largest absolute Gasteiger partial charge is 0.458 e. The lowest BCUT2D eigenvalue weighted by Gasteiger charge is -2.42. The standard InChI is InChI=1S/C67H119N13O14/c1-26-28-29-43(15)57(94-53(83)36-73(18)51(81)34-68)56-61(87)71-46(27-2)63(89)74(19)35-52(82)75(20)47(30-37(3)4)60(86)72-54(41(11)12)66(92)76(21)48(31-38(5)6)59(85)69-44(16)58(84)70-45(17)62(88)77(22)49(32-39(7)8)64(90)78(23)50(33-40(9)10)65(91)79(24)55(42(13)14)67(93)80(56)25/h26,28,37-50,54-57H,27,29-36,68H2,1-25H3,(H,69,85)(H,70,84)(H,71,87)(H,72,86)/b28-26+/t43-,44+,45+,46+,47+,48+,49+,50+,54+,55+,56+,57-/m1/s1. The van der Waals surface area contributed by atoms with Crippen molar-refractivity contribution in [1.29, 1.82) is 0 Å². The number of nitrogens with zero attached hydrogens (tertiary/aromatic N) is 8. The molecule has 0 aromatic carbocycles. The number of ether oxygens (including phenoxy) is 1. The normalized spacial score (nSPS) is 25.3. The molecule has 1 heterocycles. The second-order valence-electron chi connectivity index (χ2n) is 28.0. The summed E-state index contributed by atoms with van der Waals surface area (Å²) in [7, 11) is 11.1. The van der Waals surface area contributed by atoms with Crippen LogP contribution in [0.2, 0.25) is 0 Å². The quantitative estimate of drug-likeness (QED) is 0.0915. The first-order chi connectivity index (χ1) is 43.4. The monoisotopic (exact) mass is 1330 g/mol. The molecule has 27 heteroatoms. The van der Waals surface area contributed by atoms with Crippen LogP contribution in [0.3, 0.4) is 0 Å². The molecule has 536 valence electrons. The zero-order valence-corrected chi connectivity index (χ0v) is 61.3. The molecule has 0 saturated carbocycles. The minimum Gasteiger partial charge on any atom is -0.458 e. The fourth-order valence-electron chi connectivity index (χ4n) is 11.5. The molecule has 94 heavy (non-hydrogen) atoms. The first-order valence-electron chi connectivity index (χ1n) is 33.3. The van der Waals surface area contributed by atoms with Gasteiger partial charge < -0.3 is 70.9 Å². The zero-order chi connectivity index (χ0) is 72.8. The van der Waals surface area contributed by atoms with Gasteiger partial charge >= 0.3 is 5.97 Å². The summed E-state index contributed by atoms with van der Waals surface area (Å²) in [5.74, 6) is -12.2. The van der Waals surface area contributed by atoms with E-state index >= 15 is 19.2 Å². The highest BCUT2D eigenvalue weighted by Gasteiger charge is 2.47. The van der Waals surface area contributed by atoms with E-state index < -0.39 is 181 Å². The number of hydrogen-bond acceptors (Lipinski definition) is 15. The molecule has 0 aromatic heterocycles. The Labute approximate surface area is 560 Å². The van der Waals surface area contributed by atoms with Gasteiger partial charge in [0.25, 0.3) is 0 Å². The lowest BCUT2D eigenvalue weighted by Crippen LogP contribution is -2.64. The van der Waals surface area contributed by atoms with Crippen molar-refractivity contribution in [2.75, 3.05) is 76.0 Å². The number of hydrogen-bond donors (Lipinski definition) is 5. The number of carbonyl (C=O) groups is 13. The van der Waals surface area contributed by atoms with Crippen LogP contribution in [0.5, 0.6) is 0 Å². The van der Waals surface area contributed by atoms with Crippen LogP contribution in [0.15, 0.2) is 12.2 Å². The van der Waals surface area contributed by atoms with Crippen molar-refractivity contribution < 1.29 is 67.1 Å². The molecular weight excluding hydrogens is 1210 g/mol. The van der Waals surface area contributed by atoms with Crippen molar-refractivity contribution in [1.82, 2.24) is 60.5 Å². The fourth-order valence-corrected chi connectivity index (χ4v) is 11.5. The average molecular weight is 1330 g/mol. The van der Waals surface area contributed by atoms with Gasteiger partial charge in [-0.3, -0.25) is 62.3 Å². The Kier molecular flexibility index (Phi) is 35.2. The molecule has 0 aliphatic carbocycles. The van der Waals surface area contributed by atoms with E-state index in [1.165, 1.54) is 94.7 Å². The van der Waals surface area contributed by atoms with E-state index in [2.05, 4.69) is 21.3 Å². The minimum atomic E-state index is -1.75. The number of amides is 12. The summed E-state index contributed by atoms with van der Waals surface area (Å²) in [6.07, 6.45) is 2.62. The van der Waals surface area contributed by atoms with Crippen LogP contribution in [-0.4, -0.2) is 259 Å². The van der Waals surface area contributed by atoms with Crippen molar-refractivity contribution in [2.24, 2.45) is 47.2 Å². The Balaban J connectivity index is 4.55. The van der Waals surface area contributed by atoms with Gasteiger partial charge in [0.1, 0.15) is 73.1 Å². The summed E-state index contributed by atoms with van der Waals surface area (Å²) >= 11 is 0. The molecule has 0 spiro atoms. The van der Waals surface area contributed by atoms with Gasteiger partial charge in [-0.1, -0.05) is 109 Å². The number of nitrogens with two attached hydrogens (primary N) is 1. The summed E-state index contributed by atoms with van der Waals surface area (Å²) in [4.78, 5) is 199. The van der Waals surface area contributed by atoms with Crippen LogP contribution in [-0.2, 0) is 67.1 Å². The van der Waals surface area contributed by atoms with Crippen molar-refractivity contribution in [2.45, 2.75) is 223 Å². The molecule has 12 atom stereocenters. The molecule has 1 rings (SSSR count). The number of nitrogens with one attached hydrogen (secondary N) is 4. The number of rotatable bonds is 19. The maximum atomic E-state index is 15.6. The Morgan fingerprint density at radius 3 is 1.43 bits per heavy atom. The van der Waals surface area contributed by atoms with E-state index in [1.807, 2.05) is 55.4 Å². The van der Waals surface area contributed by atoms with E-state index in [-0.39, 0.29) is 62.2 Å². The lowest BCUT2D eigenvalue weighted by molar-refractivity contribution is -0.166. The van der Waals surface area contributed by atoms with E-state index in [0.29, 0.717) is 0 Å². The van der Waals surface area contributed by atoms with Gasteiger partial charge in [0.05, 0.1) is 13.1 Å². The summed E-state index contributed by atoms with van der Waals surface area (Å²) in [5.41, 5.74) is 5.61. The van der Waals surface area contributed by atoms with Gasteiger partial charge in [-0.25, -0.2) is 0 Å². The van der Waals surface area contributed by atoms with E-state index in [9.17, 15) is 43.2 Å². The number of likely N-dealkylation sites (N-methyl/N-ethyl adjacent to an activating group) is 8. The molecule has 1 aliphatic heterocycles. The molecule has 27 nitrogen and oxygen atoms in total. The smallest absolute Gasteiger partial charge is 0.325 e. The zero-order valence-electron chi connectivity index (χ0n) is 61.3. The summed E-state index contributed by atoms with van der Waals surface area (Å²) in [5, 5.41) is 11.0. The van der Waals surface area contributed by atoms with Crippen LogP contribution in [0.25, 0.3) is 0 Å². The molecule has 0 bridgehead atoms. The lowest BCUT2D eigenvalue weighted by atomic mass is 9.91. The third-order valence-electron chi connectivity index (χ3n) is 17.3. The molecule has 0 unspecified atom stereocenters. The van der Waals surface area contributed by atoms with Gasteiger partial charge in [0.2, 0.25) is 70.9 Å². The topological polar surface area (TPSA) is 331 Å². The van der Waals surface area contributed by atoms with Crippen molar-refractivity contribution in [3.63, 3.8) is 0 Å². The van der Waals surface area contributed by atoms with E-state index in [0.717, 1.165) is 14.7 Å². The molecule has 0 radical (unpaired) electrons. The average Bonchev–Trinajstić information content (AvgIpc) is 0.802. The molecular formula is C67H119N13O14. The first kappa shape index (κ1) is 84.8. The second-order valence-corrected chi connectivity index (χ2v) is 28.0. The van der Waals surface area contributed by atoms with Crippen LogP contribution in [0.1, 0.15) is 156 Å². The first-order valence-corrected chi connectivity index (χ1v) is 33.3. The van der Waals surface area contributed by atoms with Crippen molar-refractivity contribution in [3.05, 3.63) is 12.2 Å². The van der Waals surface area contributed by atoms with Gasteiger partial charge in [0, 0.05) is 56.4 Å². The van der Waals surface area contributed by atoms with Crippen molar-refractivity contribution >= 4 is 76.9 Å². The van der Waals surface area contributed by atoms with Crippen LogP contribution >= 0.6 is 0 Å². The van der Waals surface area contributed by atoms with Gasteiger partial charge in [-0.2, -0.15) is 0 Å². The molecule has 6 N–H and O–H groups in total. The summed E-state index contributed by atoms with van der Waals surface area (Å²) in [6.45, 7) is 27.9. The molecule has 0 aromatic rings. The third kappa shape index (κ3) is 24.2. The maximum absolute atomic E-state index is 15.6.